The Morgan fingerprint density at radius 2 is 2.00 bits per heavy atom. The van der Waals surface area contributed by atoms with Crippen molar-refractivity contribution in [2.24, 2.45) is 0 Å². The van der Waals surface area contributed by atoms with Crippen LogP contribution in [-0.4, -0.2) is 19.6 Å². The predicted octanol–water partition coefficient (Wildman–Crippen LogP) is 1.61. The van der Waals surface area contributed by atoms with Gasteiger partial charge in [-0.2, -0.15) is 0 Å². The van der Waals surface area contributed by atoms with Gasteiger partial charge in [0.1, 0.15) is 0 Å². The molecule has 1 fully saturated rings. The summed E-state index contributed by atoms with van der Waals surface area (Å²) in [7, 11) is 0. The van der Waals surface area contributed by atoms with Gasteiger partial charge in [-0.1, -0.05) is 24.3 Å². The van der Waals surface area contributed by atoms with Gasteiger partial charge in [0.05, 0.1) is 11.7 Å². The second kappa shape index (κ2) is 4.63. The van der Waals surface area contributed by atoms with E-state index in [2.05, 4.69) is 45.8 Å². The molecule has 1 aromatic rings. The van der Waals surface area contributed by atoms with Crippen LogP contribution in [0.25, 0.3) is 0 Å². The summed E-state index contributed by atoms with van der Waals surface area (Å²) in [6, 6.07) is 7.52. The zero-order chi connectivity index (χ0) is 12.7. The van der Waals surface area contributed by atoms with E-state index in [9.17, 15) is 0 Å². The Morgan fingerprint density at radius 3 is 2.74 bits per heavy atom. The maximum atomic E-state index is 3.49. The van der Waals surface area contributed by atoms with Crippen LogP contribution >= 0.6 is 0 Å². The lowest BCUT2D eigenvalue weighted by molar-refractivity contribution is 0.384. The molecule has 3 aliphatic heterocycles. The first-order valence-electron chi connectivity index (χ1n) is 7.21. The first-order chi connectivity index (χ1) is 9.43. The molecule has 100 valence electrons. The molecule has 1 saturated heterocycles. The number of nitrogens with one attached hydrogen (secondary N) is 4. The zero-order valence-electron chi connectivity index (χ0n) is 11.0. The van der Waals surface area contributed by atoms with Crippen LogP contribution in [0.1, 0.15) is 36.1 Å². The second-order valence-corrected chi connectivity index (χ2v) is 5.55. The minimum Gasteiger partial charge on any atom is -0.320 e. The van der Waals surface area contributed by atoms with Crippen molar-refractivity contribution in [1.29, 1.82) is 0 Å². The molecule has 0 bridgehead atoms. The van der Waals surface area contributed by atoms with Gasteiger partial charge in [-0.15, -0.1) is 0 Å². The van der Waals surface area contributed by atoms with Crippen LogP contribution < -0.4 is 21.5 Å². The lowest BCUT2D eigenvalue weighted by atomic mass is 9.90. The van der Waals surface area contributed by atoms with E-state index in [-0.39, 0.29) is 0 Å². The zero-order valence-corrected chi connectivity index (χ0v) is 11.0. The fraction of sp³-hybridized carbons (Fsp3) is 0.467. The van der Waals surface area contributed by atoms with E-state index in [0.29, 0.717) is 12.1 Å². The molecule has 3 aliphatic rings. The molecule has 0 aromatic heterocycles. The Hall–Kier alpha value is -1.36. The van der Waals surface area contributed by atoms with E-state index in [1.807, 2.05) is 0 Å². The van der Waals surface area contributed by atoms with E-state index in [4.69, 9.17) is 0 Å². The van der Waals surface area contributed by atoms with E-state index in [1.165, 1.54) is 28.8 Å². The summed E-state index contributed by atoms with van der Waals surface area (Å²) in [6.45, 7) is 3.23. The maximum absolute atomic E-state index is 3.49. The van der Waals surface area contributed by atoms with Gasteiger partial charge < -0.3 is 16.1 Å². The number of benzene rings is 1. The highest BCUT2D eigenvalue weighted by Crippen LogP contribution is 2.39. The van der Waals surface area contributed by atoms with Crippen molar-refractivity contribution in [1.82, 2.24) is 16.1 Å². The molecular formula is C15H20N4. The minimum absolute atomic E-state index is 0.322. The van der Waals surface area contributed by atoms with Crippen LogP contribution in [0.3, 0.4) is 0 Å². The van der Waals surface area contributed by atoms with Crippen LogP contribution in [0.5, 0.6) is 0 Å². The number of hydrogen-bond acceptors (Lipinski definition) is 4. The minimum atomic E-state index is 0.322. The molecule has 4 rings (SSSR count). The van der Waals surface area contributed by atoms with Crippen LogP contribution in [0.15, 0.2) is 29.8 Å². The van der Waals surface area contributed by atoms with Crippen LogP contribution in [-0.2, 0) is 0 Å². The Kier molecular flexibility index (Phi) is 2.80. The van der Waals surface area contributed by atoms with Crippen molar-refractivity contribution in [3.63, 3.8) is 0 Å². The SMILES string of the molecule is C1=C(C2NNc3c2cccc3[C@H]2CCN2)CNCC1. The van der Waals surface area contributed by atoms with Gasteiger partial charge in [0, 0.05) is 12.6 Å². The summed E-state index contributed by atoms with van der Waals surface area (Å²) in [5, 5.41) is 6.94. The fourth-order valence-corrected chi connectivity index (χ4v) is 3.22. The highest BCUT2D eigenvalue weighted by Gasteiger charge is 2.30. The monoisotopic (exact) mass is 256 g/mol. The van der Waals surface area contributed by atoms with E-state index in [0.717, 1.165) is 26.1 Å². The predicted molar refractivity (Wildman–Crippen MR) is 76.9 cm³/mol. The van der Waals surface area contributed by atoms with Crippen molar-refractivity contribution in [3.05, 3.63) is 41.0 Å². The van der Waals surface area contributed by atoms with Crippen molar-refractivity contribution < 1.29 is 0 Å². The lowest BCUT2D eigenvalue weighted by Gasteiger charge is -2.29. The summed E-state index contributed by atoms with van der Waals surface area (Å²) in [6.07, 6.45) is 4.75. The smallest absolute Gasteiger partial charge is 0.0753 e. The third kappa shape index (κ3) is 1.87. The summed E-state index contributed by atoms with van der Waals surface area (Å²) in [4.78, 5) is 0. The third-order valence-corrected chi connectivity index (χ3v) is 4.41. The highest BCUT2D eigenvalue weighted by atomic mass is 15.4. The van der Waals surface area contributed by atoms with E-state index < -0.39 is 0 Å². The van der Waals surface area contributed by atoms with Gasteiger partial charge in [0.2, 0.25) is 0 Å². The first kappa shape index (κ1) is 11.5. The fourth-order valence-electron chi connectivity index (χ4n) is 3.22. The maximum Gasteiger partial charge on any atom is 0.0753 e. The average molecular weight is 256 g/mol. The molecule has 2 atom stereocenters. The molecule has 0 amide bonds. The average Bonchev–Trinajstić information content (AvgIpc) is 2.83. The Bertz CT molecular complexity index is 519. The molecule has 1 aromatic carbocycles. The van der Waals surface area contributed by atoms with E-state index >= 15 is 0 Å². The van der Waals surface area contributed by atoms with Gasteiger partial charge in [-0.3, -0.25) is 0 Å². The molecule has 4 nitrogen and oxygen atoms in total. The Balaban J connectivity index is 1.69. The second-order valence-electron chi connectivity index (χ2n) is 5.55. The Morgan fingerprint density at radius 1 is 1.11 bits per heavy atom. The number of rotatable bonds is 2. The normalized spacial score (nSPS) is 29.2. The quantitative estimate of drug-likeness (QED) is 0.607. The van der Waals surface area contributed by atoms with E-state index in [1.54, 1.807) is 0 Å². The largest absolute Gasteiger partial charge is 0.320 e. The summed E-state index contributed by atoms with van der Waals surface area (Å²) in [5.41, 5.74) is 12.4. The van der Waals surface area contributed by atoms with Crippen LogP contribution in [0.4, 0.5) is 5.69 Å². The number of hydrogen-bond donors (Lipinski definition) is 4. The number of fused-ring (bicyclic) bond motifs is 1. The highest BCUT2D eigenvalue weighted by molar-refractivity contribution is 5.64. The van der Waals surface area contributed by atoms with Crippen molar-refractivity contribution in [3.8, 4) is 0 Å². The van der Waals surface area contributed by atoms with Gasteiger partial charge in [0.15, 0.2) is 0 Å². The van der Waals surface area contributed by atoms with Crippen molar-refractivity contribution >= 4 is 5.69 Å². The number of anilines is 1. The topological polar surface area (TPSA) is 48.1 Å². The van der Waals surface area contributed by atoms with Gasteiger partial charge in [-0.05, 0) is 42.6 Å². The van der Waals surface area contributed by atoms with Crippen LogP contribution in [0.2, 0.25) is 0 Å². The molecule has 0 saturated carbocycles. The Labute approximate surface area is 113 Å². The molecule has 3 heterocycles. The third-order valence-electron chi connectivity index (χ3n) is 4.41. The van der Waals surface area contributed by atoms with Crippen LogP contribution in [0, 0.1) is 0 Å². The standard InChI is InChI=1S/C15H20N4/c1-4-11(13-6-8-17-13)15-12(5-1)14(18-19-15)10-3-2-7-16-9-10/h1,3-5,13-14,16-19H,2,6-9H2/t13-,14?/m1/s1. The van der Waals surface area contributed by atoms with Crippen molar-refractivity contribution in [2.45, 2.75) is 24.9 Å². The van der Waals surface area contributed by atoms with Gasteiger partial charge >= 0.3 is 0 Å². The summed E-state index contributed by atoms with van der Waals surface area (Å²) >= 11 is 0. The van der Waals surface area contributed by atoms with Gasteiger partial charge in [0.25, 0.3) is 0 Å². The number of para-hydroxylation sites is 1. The molecule has 4 heteroatoms. The summed E-state index contributed by atoms with van der Waals surface area (Å²) in [5.74, 6) is 0. The van der Waals surface area contributed by atoms with Gasteiger partial charge in [-0.25, -0.2) is 5.43 Å². The molecule has 0 spiro atoms. The molecule has 0 aliphatic carbocycles. The lowest BCUT2D eigenvalue weighted by Crippen LogP contribution is -2.35. The molecule has 4 N–H and O–H groups in total. The first-order valence-corrected chi connectivity index (χ1v) is 7.21. The molecular weight excluding hydrogens is 236 g/mol. The molecule has 19 heavy (non-hydrogen) atoms. The summed E-state index contributed by atoms with van der Waals surface area (Å²) < 4.78 is 0. The van der Waals surface area contributed by atoms with Crippen molar-refractivity contribution in [2.75, 3.05) is 25.1 Å². The number of hydrazine groups is 1. The molecule has 0 radical (unpaired) electrons. The molecule has 1 unspecified atom stereocenters.